The molecule has 4 heterocycles. The van der Waals surface area contributed by atoms with Crippen molar-refractivity contribution in [3.8, 4) is 5.75 Å². The topological polar surface area (TPSA) is 134 Å². The standard InChI is InChI=1S/C30H31F2N5O7/c1-15-14-43-28-25-20(27(39)21(29(40)41)13-36(15)25)9-23(32)26(28)35-7-6-18(11-35)34(3)24-5-4-17(8-22(24)31)37-12-19(44-30(37)42)10-33-16(2)38/h4-5,8-9,13,15,18-19H,6-7,10-12,14H2,1-3H3,(H,33,38)(H,40,41)/t15?,18?,19-/m0/s1. The van der Waals surface area contributed by atoms with Gasteiger partial charge < -0.3 is 34.3 Å². The predicted octanol–water partition coefficient (Wildman–Crippen LogP) is 3.11. The number of aromatic nitrogens is 1. The number of aromatic carboxylic acids is 1. The fourth-order valence-electron chi connectivity index (χ4n) is 6.16. The van der Waals surface area contributed by atoms with E-state index >= 15 is 8.78 Å². The summed E-state index contributed by atoms with van der Waals surface area (Å²) in [6, 6.07) is 5.03. The molecule has 3 aliphatic heterocycles. The van der Waals surface area contributed by atoms with Gasteiger partial charge in [-0.25, -0.2) is 18.4 Å². The molecule has 2 saturated heterocycles. The Kier molecular flexibility index (Phi) is 7.30. The first kappa shape index (κ1) is 29.2. The van der Waals surface area contributed by atoms with Crippen LogP contribution in [0.5, 0.6) is 5.75 Å². The lowest BCUT2D eigenvalue weighted by atomic mass is 10.1. The number of likely N-dealkylation sites (N-methyl/N-ethyl adjacent to an activating group) is 1. The molecule has 3 aliphatic rings. The molecule has 3 aromatic rings. The van der Waals surface area contributed by atoms with Gasteiger partial charge in [-0.1, -0.05) is 0 Å². The summed E-state index contributed by atoms with van der Waals surface area (Å²) >= 11 is 0. The van der Waals surface area contributed by atoms with Gasteiger partial charge in [-0.05, 0) is 37.6 Å². The zero-order valence-electron chi connectivity index (χ0n) is 24.3. The summed E-state index contributed by atoms with van der Waals surface area (Å²) in [6.07, 6.45) is 0.667. The van der Waals surface area contributed by atoms with E-state index in [0.29, 0.717) is 36.4 Å². The SMILES string of the molecule is CC(=O)NC[C@H]1CN(c2ccc(N(C)C3CCN(c4c(F)cc5c(=O)c(C(=O)O)cn6c5c4OCC6C)C3)c(F)c2)C(=O)O1. The Hall–Kier alpha value is -4.88. The highest BCUT2D eigenvalue weighted by molar-refractivity contribution is 5.97. The number of carbonyl (C=O) groups excluding carboxylic acids is 2. The largest absolute Gasteiger partial charge is 0.487 e. The maximum absolute atomic E-state index is 15.7. The minimum absolute atomic E-state index is 0.0638. The minimum Gasteiger partial charge on any atom is -0.487 e. The summed E-state index contributed by atoms with van der Waals surface area (Å²) in [7, 11) is 1.74. The van der Waals surface area contributed by atoms with Crippen LogP contribution in [-0.2, 0) is 9.53 Å². The normalized spacial score (nSPS) is 20.9. The molecule has 2 N–H and O–H groups in total. The molecule has 0 radical (unpaired) electrons. The number of ether oxygens (including phenoxy) is 2. The molecule has 0 saturated carbocycles. The zero-order chi connectivity index (χ0) is 31.4. The Morgan fingerprint density at radius 2 is 1.93 bits per heavy atom. The molecule has 1 aromatic heterocycles. The maximum atomic E-state index is 15.7. The van der Waals surface area contributed by atoms with Gasteiger partial charge in [0.1, 0.15) is 29.8 Å². The van der Waals surface area contributed by atoms with Crippen molar-refractivity contribution in [1.82, 2.24) is 9.88 Å². The van der Waals surface area contributed by atoms with Crippen LogP contribution in [0.4, 0.5) is 30.6 Å². The first-order chi connectivity index (χ1) is 20.9. The van der Waals surface area contributed by atoms with Crippen molar-refractivity contribution in [3.63, 3.8) is 0 Å². The summed E-state index contributed by atoms with van der Waals surface area (Å²) in [5, 5.41) is 12.1. The van der Waals surface area contributed by atoms with Crippen LogP contribution in [0.25, 0.3) is 10.9 Å². The molecule has 0 bridgehead atoms. The van der Waals surface area contributed by atoms with Gasteiger partial charge in [-0.2, -0.15) is 0 Å². The van der Waals surface area contributed by atoms with Crippen LogP contribution in [0, 0.1) is 11.6 Å². The number of rotatable bonds is 7. The highest BCUT2D eigenvalue weighted by Gasteiger charge is 2.36. The van der Waals surface area contributed by atoms with Crippen LogP contribution >= 0.6 is 0 Å². The third kappa shape index (κ3) is 4.93. The second kappa shape index (κ2) is 11.0. The van der Waals surface area contributed by atoms with Gasteiger partial charge in [0, 0.05) is 39.3 Å². The number of carbonyl (C=O) groups is 3. The Labute approximate surface area is 250 Å². The number of carboxylic acids is 1. The maximum Gasteiger partial charge on any atom is 0.414 e. The summed E-state index contributed by atoms with van der Waals surface area (Å²) in [5.41, 5.74) is -0.0856. The molecular formula is C30H31F2N5O7. The van der Waals surface area contributed by atoms with E-state index in [1.54, 1.807) is 33.5 Å². The van der Waals surface area contributed by atoms with E-state index in [2.05, 4.69) is 5.32 Å². The minimum atomic E-state index is -1.39. The zero-order valence-corrected chi connectivity index (χ0v) is 24.3. The summed E-state index contributed by atoms with van der Waals surface area (Å²) in [6.45, 7) is 4.42. The second-order valence-electron chi connectivity index (χ2n) is 11.4. The van der Waals surface area contributed by atoms with Crippen LogP contribution in [0.3, 0.4) is 0 Å². The lowest BCUT2D eigenvalue weighted by molar-refractivity contribution is -0.119. The molecule has 14 heteroatoms. The van der Waals surface area contributed by atoms with Gasteiger partial charge in [0.2, 0.25) is 11.3 Å². The van der Waals surface area contributed by atoms with Crippen molar-refractivity contribution in [1.29, 1.82) is 0 Å². The van der Waals surface area contributed by atoms with E-state index in [1.165, 1.54) is 24.1 Å². The van der Waals surface area contributed by atoms with Gasteiger partial charge in [0.15, 0.2) is 11.6 Å². The van der Waals surface area contributed by atoms with E-state index < -0.39 is 40.8 Å². The summed E-state index contributed by atoms with van der Waals surface area (Å²) < 4.78 is 44.0. The number of anilines is 3. The van der Waals surface area contributed by atoms with Crippen LogP contribution in [0.1, 0.15) is 36.7 Å². The fourth-order valence-corrected chi connectivity index (χ4v) is 6.16. The molecule has 6 rings (SSSR count). The first-order valence-electron chi connectivity index (χ1n) is 14.2. The number of amides is 2. The molecule has 0 spiro atoms. The molecule has 0 aliphatic carbocycles. The molecule has 232 valence electrons. The smallest absolute Gasteiger partial charge is 0.414 e. The van der Waals surface area contributed by atoms with Gasteiger partial charge >= 0.3 is 12.1 Å². The van der Waals surface area contributed by atoms with Gasteiger partial charge in [-0.15, -0.1) is 0 Å². The van der Waals surface area contributed by atoms with Crippen molar-refractivity contribution < 1.29 is 37.7 Å². The molecule has 44 heavy (non-hydrogen) atoms. The molecule has 3 atom stereocenters. The van der Waals surface area contributed by atoms with E-state index in [4.69, 9.17) is 9.47 Å². The van der Waals surface area contributed by atoms with Crippen LogP contribution in [0.2, 0.25) is 0 Å². The number of benzene rings is 2. The molecule has 2 fully saturated rings. The highest BCUT2D eigenvalue weighted by atomic mass is 19.1. The van der Waals surface area contributed by atoms with Crippen molar-refractivity contribution in [2.45, 2.75) is 38.5 Å². The monoisotopic (exact) mass is 611 g/mol. The van der Waals surface area contributed by atoms with Crippen LogP contribution < -0.4 is 30.2 Å². The second-order valence-corrected chi connectivity index (χ2v) is 11.4. The number of pyridine rings is 1. The average molecular weight is 612 g/mol. The lowest BCUT2D eigenvalue weighted by Crippen LogP contribution is -2.36. The number of halogens is 2. The summed E-state index contributed by atoms with van der Waals surface area (Å²) in [4.78, 5) is 53.0. The fraction of sp³-hybridized carbons (Fsp3) is 0.400. The van der Waals surface area contributed by atoms with Crippen molar-refractivity contribution in [3.05, 3.63) is 57.9 Å². The predicted molar refractivity (Wildman–Crippen MR) is 157 cm³/mol. The first-order valence-corrected chi connectivity index (χ1v) is 14.2. The van der Waals surface area contributed by atoms with Gasteiger partial charge in [0.05, 0.1) is 41.4 Å². The third-order valence-electron chi connectivity index (χ3n) is 8.48. The summed E-state index contributed by atoms with van der Waals surface area (Å²) in [5.74, 6) is -2.71. The molecular weight excluding hydrogens is 580 g/mol. The van der Waals surface area contributed by atoms with Crippen LogP contribution in [0.15, 0.2) is 35.3 Å². The molecule has 12 nitrogen and oxygen atoms in total. The lowest BCUT2D eigenvalue weighted by Gasteiger charge is -2.32. The molecule has 2 unspecified atom stereocenters. The number of hydrogen-bond donors (Lipinski definition) is 2. The van der Waals surface area contributed by atoms with Gasteiger partial charge in [-0.3, -0.25) is 14.5 Å². The Bertz CT molecular complexity index is 1760. The Morgan fingerprint density at radius 3 is 2.64 bits per heavy atom. The van der Waals surface area contributed by atoms with Crippen molar-refractivity contribution >= 4 is 45.9 Å². The average Bonchev–Trinajstić information content (AvgIpc) is 3.61. The number of nitrogens with zero attached hydrogens (tertiary/aromatic N) is 4. The van der Waals surface area contributed by atoms with E-state index in [-0.39, 0.29) is 54.5 Å². The van der Waals surface area contributed by atoms with E-state index in [1.807, 2.05) is 6.92 Å². The number of nitrogens with one attached hydrogen (secondary N) is 1. The third-order valence-corrected chi connectivity index (χ3v) is 8.48. The molecule has 2 amide bonds. The van der Waals surface area contributed by atoms with Crippen molar-refractivity contribution in [2.75, 3.05) is 54.5 Å². The molecule has 2 aromatic carbocycles. The van der Waals surface area contributed by atoms with Crippen LogP contribution in [-0.4, -0.2) is 79.6 Å². The number of carboxylic acid groups (broad SMARTS) is 1. The van der Waals surface area contributed by atoms with Gasteiger partial charge in [0.25, 0.3) is 0 Å². The van der Waals surface area contributed by atoms with Crippen molar-refractivity contribution in [2.24, 2.45) is 0 Å². The van der Waals surface area contributed by atoms with E-state index in [9.17, 15) is 24.3 Å². The Balaban J connectivity index is 1.24. The quantitative estimate of drug-likeness (QED) is 0.414. The number of hydrogen-bond acceptors (Lipinski definition) is 8. The Morgan fingerprint density at radius 1 is 1.16 bits per heavy atom. The highest BCUT2D eigenvalue weighted by Crippen LogP contribution is 2.43. The number of cyclic esters (lactones) is 1. The van der Waals surface area contributed by atoms with E-state index in [0.717, 1.165) is 6.07 Å².